The van der Waals surface area contributed by atoms with Crippen LogP contribution in [0, 0.1) is 6.92 Å². The van der Waals surface area contributed by atoms with E-state index in [1.54, 1.807) is 17.0 Å². The molecule has 1 fully saturated rings. The van der Waals surface area contributed by atoms with Gasteiger partial charge in [0.2, 0.25) is 0 Å². The van der Waals surface area contributed by atoms with Crippen molar-refractivity contribution >= 4 is 17.8 Å². The second-order valence-electron chi connectivity index (χ2n) is 7.54. The highest BCUT2D eigenvalue weighted by molar-refractivity contribution is 6.40. The van der Waals surface area contributed by atoms with E-state index in [-0.39, 0.29) is 11.7 Å². The van der Waals surface area contributed by atoms with Crippen LogP contribution in [0.15, 0.2) is 18.2 Å². The van der Waals surface area contributed by atoms with Crippen LogP contribution < -0.4 is 0 Å². The molecule has 1 aliphatic rings. The molecule has 7 heteroatoms. The van der Waals surface area contributed by atoms with E-state index in [1.165, 1.54) is 0 Å². The number of aliphatic carboxylic acids is 1. The van der Waals surface area contributed by atoms with Crippen LogP contribution in [0.3, 0.4) is 0 Å². The summed E-state index contributed by atoms with van der Waals surface area (Å²) >= 11 is 0. The molecule has 1 aliphatic heterocycles. The quantitative estimate of drug-likeness (QED) is 0.653. The van der Waals surface area contributed by atoms with Crippen LogP contribution in [-0.2, 0) is 16.1 Å². The average Bonchev–Trinajstić information content (AvgIpc) is 2.54. The van der Waals surface area contributed by atoms with Gasteiger partial charge in [-0.15, -0.1) is 0 Å². The van der Waals surface area contributed by atoms with Crippen LogP contribution in [0.25, 0.3) is 0 Å². The number of rotatable bonds is 4. The summed E-state index contributed by atoms with van der Waals surface area (Å²) in [6.07, 6.45) is -0.325. The molecular weight excluding hydrogens is 336 g/mol. The minimum Gasteiger partial charge on any atom is -0.475 e. The molecule has 142 valence electrons. The molecule has 26 heavy (non-hydrogen) atoms. The van der Waals surface area contributed by atoms with Crippen molar-refractivity contribution in [2.75, 3.05) is 26.2 Å². The number of hydrogen-bond acceptors (Lipinski definition) is 5. The molecule has 1 heterocycles. The Morgan fingerprint density at radius 2 is 1.73 bits per heavy atom. The number of nitrogens with zero attached hydrogens (tertiary/aromatic N) is 2. The zero-order valence-electron chi connectivity index (χ0n) is 15.7. The highest BCUT2D eigenvalue weighted by Crippen LogP contribution is 2.17. The summed E-state index contributed by atoms with van der Waals surface area (Å²) in [5.74, 6) is -2.34. The van der Waals surface area contributed by atoms with Crippen LogP contribution in [0.2, 0.25) is 0 Å². The van der Waals surface area contributed by atoms with Gasteiger partial charge in [0.25, 0.3) is 5.78 Å². The van der Waals surface area contributed by atoms with E-state index >= 15 is 0 Å². The molecule has 0 unspecified atom stereocenters. The Balaban J connectivity index is 2.01. The third kappa shape index (κ3) is 5.29. The second kappa shape index (κ2) is 7.86. The lowest BCUT2D eigenvalue weighted by Crippen LogP contribution is -2.49. The van der Waals surface area contributed by atoms with Crippen LogP contribution in [0.4, 0.5) is 4.79 Å². The van der Waals surface area contributed by atoms with Gasteiger partial charge in [-0.25, -0.2) is 9.59 Å². The number of Topliss-reactive ketones (excluding diaryl/α,β-unsaturated/α-hetero) is 1. The van der Waals surface area contributed by atoms with E-state index in [1.807, 2.05) is 33.8 Å². The minimum atomic E-state index is -1.45. The van der Waals surface area contributed by atoms with Crippen LogP contribution in [-0.4, -0.2) is 64.5 Å². The molecule has 1 N–H and O–H groups in total. The fraction of sp³-hybridized carbons (Fsp3) is 0.526. The van der Waals surface area contributed by atoms with Gasteiger partial charge in [-0.1, -0.05) is 17.7 Å². The van der Waals surface area contributed by atoms with E-state index in [4.69, 9.17) is 9.84 Å². The monoisotopic (exact) mass is 362 g/mol. The van der Waals surface area contributed by atoms with Crippen LogP contribution in [0.1, 0.15) is 42.3 Å². The Labute approximate surface area is 153 Å². The van der Waals surface area contributed by atoms with E-state index in [0.717, 1.165) is 5.56 Å². The van der Waals surface area contributed by atoms with Gasteiger partial charge in [-0.2, -0.15) is 0 Å². The van der Waals surface area contributed by atoms with Crippen LogP contribution in [0.5, 0.6) is 0 Å². The predicted octanol–water partition coefficient (Wildman–Crippen LogP) is 2.32. The molecule has 0 saturated carbocycles. The van der Waals surface area contributed by atoms with Crippen molar-refractivity contribution in [3.63, 3.8) is 0 Å². The summed E-state index contributed by atoms with van der Waals surface area (Å²) in [4.78, 5) is 38.9. The Hall–Kier alpha value is -2.41. The number of aryl methyl sites for hydroxylation is 1. The first-order valence-electron chi connectivity index (χ1n) is 8.64. The number of carbonyl (C=O) groups excluding carboxylic acids is 2. The molecule has 1 aromatic carbocycles. The number of amides is 1. The topological polar surface area (TPSA) is 87.2 Å². The van der Waals surface area contributed by atoms with Crippen molar-refractivity contribution in [1.29, 1.82) is 0 Å². The van der Waals surface area contributed by atoms with E-state index < -0.39 is 17.4 Å². The molecule has 0 bridgehead atoms. The second-order valence-corrected chi connectivity index (χ2v) is 7.54. The minimum absolute atomic E-state index is 0.229. The number of ether oxygens (including phenoxy) is 1. The third-order valence-electron chi connectivity index (χ3n) is 4.12. The van der Waals surface area contributed by atoms with E-state index in [2.05, 4.69) is 4.90 Å². The summed E-state index contributed by atoms with van der Waals surface area (Å²) in [7, 11) is 0. The molecule has 0 atom stereocenters. The van der Waals surface area contributed by atoms with E-state index in [9.17, 15) is 14.4 Å². The summed E-state index contributed by atoms with van der Waals surface area (Å²) in [5, 5.41) is 9.02. The molecule has 0 aliphatic carbocycles. The first kappa shape index (κ1) is 19.9. The maximum atomic E-state index is 12.1. The Kier molecular flexibility index (Phi) is 6.02. The highest BCUT2D eigenvalue weighted by Gasteiger charge is 2.27. The molecule has 1 saturated heterocycles. The smallest absolute Gasteiger partial charge is 0.410 e. The third-order valence-corrected chi connectivity index (χ3v) is 4.12. The van der Waals surface area contributed by atoms with Crippen molar-refractivity contribution in [3.05, 3.63) is 34.9 Å². The van der Waals surface area contributed by atoms with Crippen molar-refractivity contribution in [2.45, 2.75) is 39.8 Å². The van der Waals surface area contributed by atoms with Gasteiger partial charge in [0.05, 0.1) is 0 Å². The van der Waals surface area contributed by atoms with Crippen molar-refractivity contribution in [2.24, 2.45) is 0 Å². The van der Waals surface area contributed by atoms with Gasteiger partial charge in [0.1, 0.15) is 5.60 Å². The van der Waals surface area contributed by atoms with Gasteiger partial charge in [0.15, 0.2) is 0 Å². The van der Waals surface area contributed by atoms with Gasteiger partial charge in [0, 0.05) is 38.3 Å². The summed E-state index contributed by atoms with van der Waals surface area (Å²) in [5.41, 5.74) is 1.23. The zero-order valence-corrected chi connectivity index (χ0v) is 15.7. The number of ketones is 1. The van der Waals surface area contributed by atoms with E-state index in [0.29, 0.717) is 38.3 Å². The number of carboxylic acid groups (broad SMARTS) is 1. The largest absolute Gasteiger partial charge is 0.475 e. The lowest BCUT2D eigenvalue weighted by molar-refractivity contribution is -0.131. The van der Waals surface area contributed by atoms with Gasteiger partial charge in [-0.05, 0) is 39.3 Å². The predicted molar refractivity (Wildman–Crippen MR) is 96.2 cm³/mol. The molecule has 2 rings (SSSR count). The number of benzene rings is 1. The number of piperazine rings is 1. The summed E-state index contributed by atoms with van der Waals surface area (Å²) in [6, 6.07) is 5.28. The first-order chi connectivity index (χ1) is 12.1. The Morgan fingerprint density at radius 1 is 1.12 bits per heavy atom. The Morgan fingerprint density at radius 3 is 2.27 bits per heavy atom. The molecular formula is C19H26N2O5. The number of carboxylic acids is 1. The van der Waals surface area contributed by atoms with Gasteiger partial charge < -0.3 is 14.7 Å². The number of carbonyl (C=O) groups is 3. The number of hydrogen-bond donors (Lipinski definition) is 1. The lowest BCUT2D eigenvalue weighted by atomic mass is 10.00. The lowest BCUT2D eigenvalue weighted by Gasteiger charge is -2.35. The van der Waals surface area contributed by atoms with Crippen molar-refractivity contribution in [3.8, 4) is 0 Å². The highest BCUT2D eigenvalue weighted by atomic mass is 16.6. The first-order valence-corrected chi connectivity index (χ1v) is 8.64. The molecule has 0 aromatic heterocycles. The van der Waals surface area contributed by atoms with Crippen molar-refractivity contribution < 1.29 is 24.2 Å². The molecule has 0 spiro atoms. The molecule has 1 amide bonds. The normalized spacial score (nSPS) is 15.6. The molecule has 1 aromatic rings. The van der Waals surface area contributed by atoms with Crippen molar-refractivity contribution in [1.82, 2.24) is 9.80 Å². The maximum Gasteiger partial charge on any atom is 0.410 e. The van der Waals surface area contributed by atoms with Gasteiger partial charge >= 0.3 is 12.1 Å². The molecule has 0 radical (unpaired) electrons. The summed E-state index contributed by atoms with van der Waals surface area (Å²) in [6.45, 7) is 10.1. The van der Waals surface area contributed by atoms with Crippen LogP contribution >= 0.6 is 0 Å². The fourth-order valence-corrected chi connectivity index (χ4v) is 2.81. The molecule has 7 nitrogen and oxygen atoms in total. The Bertz CT molecular complexity index is 700. The summed E-state index contributed by atoms with van der Waals surface area (Å²) < 4.78 is 5.38. The SMILES string of the molecule is Cc1ccc(CN2CCN(C(=O)OC(C)(C)C)CC2)c(C(=O)C(=O)O)c1. The average molecular weight is 362 g/mol. The maximum absolute atomic E-state index is 12.1. The fourth-order valence-electron chi connectivity index (χ4n) is 2.81. The standard InChI is InChI=1S/C19H26N2O5/c1-13-5-6-14(15(11-13)16(22)17(23)24)12-20-7-9-21(10-8-20)18(25)26-19(2,3)4/h5-6,11H,7-10,12H2,1-4H3,(H,23,24). The van der Waals surface area contributed by atoms with Gasteiger partial charge in [-0.3, -0.25) is 9.69 Å². The zero-order chi connectivity index (χ0) is 19.5.